The minimum Gasteiger partial charge on any atom is -0.333 e. The van der Waals surface area contributed by atoms with E-state index in [1.165, 1.54) is 12.8 Å². The van der Waals surface area contributed by atoms with Gasteiger partial charge in [0.15, 0.2) is 5.82 Å². The first-order valence-corrected chi connectivity index (χ1v) is 8.32. The predicted octanol–water partition coefficient (Wildman–Crippen LogP) is 2.09. The Balaban J connectivity index is 1.43. The van der Waals surface area contributed by atoms with Crippen LogP contribution in [0.15, 0.2) is 24.5 Å². The Morgan fingerprint density at radius 2 is 2.22 bits per heavy atom. The maximum absolute atomic E-state index is 12.5. The lowest BCUT2D eigenvalue weighted by molar-refractivity contribution is -0.133. The van der Waals surface area contributed by atoms with Crippen LogP contribution in [-0.4, -0.2) is 37.1 Å². The smallest absolute Gasteiger partial charge is 0.223 e. The third-order valence-corrected chi connectivity index (χ3v) is 4.70. The molecule has 6 heteroatoms. The lowest BCUT2D eigenvalue weighted by Gasteiger charge is -2.32. The van der Waals surface area contributed by atoms with Crippen LogP contribution in [0.2, 0.25) is 0 Å². The molecule has 1 saturated carbocycles. The Morgan fingerprint density at radius 1 is 1.35 bits per heavy atom. The van der Waals surface area contributed by atoms with Gasteiger partial charge in [-0.25, -0.2) is 0 Å². The maximum Gasteiger partial charge on any atom is 0.223 e. The largest absolute Gasteiger partial charge is 0.333 e. The number of hydrogen-bond acceptors (Lipinski definition) is 4. The number of rotatable bonds is 4. The van der Waals surface area contributed by atoms with E-state index in [-0.39, 0.29) is 11.9 Å². The van der Waals surface area contributed by atoms with Gasteiger partial charge in [0, 0.05) is 31.3 Å². The van der Waals surface area contributed by atoms with E-state index in [1.54, 1.807) is 6.20 Å². The number of hydrogen-bond donors (Lipinski definition) is 0. The van der Waals surface area contributed by atoms with Crippen molar-refractivity contribution in [3.63, 3.8) is 0 Å². The number of nitrogens with zero attached hydrogens (tertiary/aromatic N) is 5. The van der Waals surface area contributed by atoms with Crippen LogP contribution in [0.1, 0.15) is 55.4 Å². The number of carbonyl (C=O) groups excluding carboxylic acids is 1. The molecule has 1 amide bonds. The molecule has 3 heterocycles. The summed E-state index contributed by atoms with van der Waals surface area (Å²) in [5, 5.41) is 8.69. The Morgan fingerprint density at radius 3 is 2.96 bits per heavy atom. The number of pyridine rings is 1. The third kappa shape index (κ3) is 2.85. The van der Waals surface area contributed by atoms with Gasteiger partial charge in [-0.15, -0.1) is 10.2 Å². The van der Waals surface area contributed by atoms with Crippen LogP contribution in [0.3, 0.4) is 0 Å². The van der Waals surface area contributed by atoms with Crippen LogP contribution in [0.4, 0.5) is 0 Å². The molecule has 23 heavy (non-hydrogen) atoms. The molecule has 2 aromatic rings. The Labute approximate surface area is 135 Å². The van der Waals surface area contributed by atoms with Gasteiger partial charge in [-0.05, 0) is 37.8 Å². The van der Waals surface area contributed by atoms with Gasteiger partial charge in [-0.1, -0.05) is 6.07 Å². The van der Waals surface area contributed by atoms with Crippen molar-refractivity contribution >= 4 is 5.91 Å². The summed E-state index contributed by atoms with van der Waals surface area (Å²) in [6.45, 7) is 3.48. The van der Waals surface area contributed by atoms with Crippen LogP contribution in [0, 0.1) is 0 Å². The van der Waals surface area contributed by atoms with Gasteiger partial charge in [-0.3, -0.25) is 9.78 Å². The van der Waals surface area contributed by atoms with Gasteiger partial charge in [-0.2, -0.15) is 0 Å². The molecule has 4 rings (SSSR count). The predicted molar refractivity (Wildman–Crippen MR) is 84.7 cm³/mol. The summed E-state index contributed by atoms with van der Waals surface area (Å²) >= 11 is 0. The molecule has 120 valence electrons. The molecule has 0 spiro atoms. The van der Waals surface area contributed by atoms with E-state index in [0.717, 1.165) is 30.2 Å². The molecule has 2 aromatic heterocycles. The van der Waals surface area contributed by atoms with Gasteiger partial charge in [0.1, 0.15) is 5.82 Å². The van der Waals surface area contributed by atoms with Crippen LogP contribution >= 0.6 is 0 Å². The molecule has 1 fully saturated rings. The average molecular weight is 311 g/mol. The monoisotopic (exact) mass is 311 g/mol. The normalized spacial score (nSPS) is 20.4. The summed E-state index contributed by atoms with van der Waals surface area (Å²) in [7, 11) is 0. The molecular weight excluding hydrogens is 290 g/mol. The number of amides is 1. The second-order valence-electron chi connectivity index (χ2n) is 6.60. The molecule has 1 atom stereocenters. The fourth-order valence-corrected chi connectivity index (χ4v) is 3.33. The van der Waals surface area contributed by atoms with Gasteiger partial charge in [0.2, 0.25) is 5.91 Å². The van der Waals surface area contributed by atoms with Gasteiger partial charge in [0.05, 0.1) is 12.6 Å². The van der Waals surface area contributed by atoms with Crippen molar-refractivity contribution in [3.05, 3.63) is 41.7 Å². The van der Waals surface area contributed by atoms with Crippen molar-refractivity contribution in [1.82, 2.24) is 24.6 Å². The zero-order chi connectivity index (χ0) is 15.8. The van der Waals surface area contributed by atoms with Gasteiger partial charge in [0.25, 0.3) is 0 Å². The molecule has 1 aliphatic carbocycles. The first kappa shape index (κ1) is 14.4. The van der Waals surface area contributed by atoms with E-state index >= 15 is 0 Å². The molecule has 1 aliphatic heterocycles. The Kier molecular flexibility index (Phi) is 3.59. The number of fused-ring (bicyclic) bond motifs is 1. The molecule has 0 aromatic carbocycles. The quantitative estimate of drug-likeness (QED) is 0.867. The molecular formula is C17H21N5O. The highest BCUT2D eigenvalue weighted by molar-refractivity contribution is 5.76. The van der Waals surface area contributed by atoms with Crippen molar-refractivity contribution in [2.45, 2.75) is 51.1 Å². The molecule has 0 saturated heterocycles. The van der Waals surface area contributed by atoms with E-state index in [9.17, 15) is 4.79 Å². The average Bonchev–Trinajstić information content (AvgIpc) is 3.33. The van der Waals surface area contributed by atoms with E-state index in [2.05, 4.69) is 26.7 Å². The summed E-state index contributed by atoms with van der Waals surface area (Å²) in [5.41, 5.74) is 1.10. The van der Waals surface area contributed by atoms with Crippen molar-refractivity contribution in [2.24, 2.45) is 0 Å². The van der Waals surface area contributed by atoms with Crippen molar-refractivity contribution < 1.29 is 4.79 Å². The summed E-state index contributed by atoms with van der Waals surface area (Å²) in [4.78, 5) is 18.5. The summed E-state index contributed by atoms with van der Waals surface area (Å²) in [5.74, 6) is 2.82. The third-order valence-electron chi connectivity index (χ3n) is 4.70. The highest BCUT2D eigenvalue weighted by Crippen LogP contribution is 2.41. The summed E-state index contributed by atoms with van der Waals surface area (Å²) < 4.78 is 2.25. The van der Waals surface area contributed by atoms with E-state index < -0.39 is 0 Å². The fraction of sp³-hybridized carbons (Fsp3) is 0.529. The lowest BCUT2D eigenvalue weighted by atomic mass is 10.1. The second kappa shape index (κ2) is 5.76. The molecule has 2 aliphatic rings. The summed E-state index contributed by atoms with van der Waals surface area (Å²) in [6, 6.07) is 4.18. The van der Waals surface area contributed by atoms with Crippen LogP contribution in [-0.2, 0) is 17.8 Å². The first-order chi connectivity index (χ1) is 11.2. The van der Waals surface area contributed by atoms with Gasteiger partial charge >= 0.3 is 0 Å². The number of aryl methyl sites for hydroxylation is 1. The lowest BCUT2D eigenvalue weighted by Crippen LogP contribution is -2.40. The maximum atomic E-state index is 12.5. The topological polar surface area (TPSA) is 63.9 Å². The molecule has 0 bridgehead atoms. The molecule has 0 N–H and O–H groups in total. The van der Waals surface area contributed by atoms with Crippen molar-refractivity contribution in [3.8, 4) is 0 Å². The Hall–Kier alpha value is -2.24. The summed E-state index contributed by atoms with van der Waals surface area (Å²) in [6.07, 6.45) is 7.27. The molecule has 0 radical (unpaired) electrons. The first-order valence-electron chi connectivity index (χ1n) is 8.32. The SMILES string of the molecule is C[C@H]1CN(C(=O)CCc2cccnc2)Cc2nnc(C3CC3)n21. The number of carbonyl (C=O) groups is 1. The van der Waals surface area contributed by atoms with E-state index in [1.807, 2.05) is 23.2 Å². The van der Waals surface area contributed by atoms with Gasteiger partial charge < -0.3 is 9.47 Å². The zero-order valence-electron chi connectivity index (χ0n) is 13.4. The van der Waals surface area contributed by atoms with Crippen LogP contribution < -0.4 is 0 Å². The molecule has 0 unspecified atom stereocenters. The van der Waals surface area contributed by atoms with E-state index in [4.69, 9.17) is 0 Å². The van der Waals surface area contributed by atoms with Crippen LogP contribution in [0.25, 0.3) is 0 Å². The highest BCUT2D eigenvalue weighted by atomic mass is 16.2. The Bertz CT molecular complexity index is 707. The highest BCUT2D eigenvalue weighted by Gasteiger charge is 2.35. The van der Waals surface area contributed by atoms with Crippen LogP contribution in [0.5, 0.6) is 0 Å². The standard InChI is InChI=1S/C17H21N5O/c1-12-10-21(16(23)7-4-13-3-2-8-18-9-13)11-15-19-20-17(22(12)15)14-5-6-14/h2-3,8-9,12,14H,4-7,10-11H2,1H3/t12-/m0/s1. The fourth-order valence-electron chi connectivity index (χ4n) is 3.33. The zero-order valence-corrected chi connectivity index (χ0v) is 13.4. The van der Waals surface area contributed by atoms with Crippen molar-refractivity contribution in [2.75, 3.05) is 6.54 Å². The molecule has 6 nitrogen and oxygen atoms in total. The minimum atomic E-state index is 0.183. The minimum absolute atomic E-state index is 0.183. The second-order valence-corrected chi connectivity index (χ2v) is 6.60. The van der Waals surface area contributed by atoms with E-state index in [0.29, 0.717) is 18.9 Å². The van der Waals surface area contributed by atoms with Crippen molar-refractivity contribution in [1.29, 1.82) is 0 Å². The number of aromatic nitrogens is 4.